The molecule has 1 amide bonds. The van der Waals surface area contributed by atoms with E-state index in [9.17, 15) is 4.79 Å². The van der Waals surface area contributed by atoms with Gasteiger partial charge < -0.3 is 5.32 Å². The zero-order valence-electron chi connectivity index (χ0n) is 17.9. The van der Waals surface area contributed by atoms with Crippen LogP contribution in [0.5, 0.6) is 0 Å². The Kier molecular flexibility index (Phi) is 5.74. The van der Waals surface area contributed by atoms with Crippen molar-refractivity contribution in [1.82, 2.24) is 14.8 Å². The average molecular weight is 475 g/mol. The van der Waals surface area contributed by atoms with E-state index in [1.165, 1.54) is 5.56 Å². The van der Waals surface area contributed by atoms with Crippen LogP contribution in [0.25, 0.3) is 17.1 Å². The van der Waals surface area contributed by atoms with Crippen LogP contribution >= 0.6 is 15.9 Å². The van der Waals surface area contributed by atoms with E-state index in [1.807, 2.05) is 75.4 Å². The Labute approximate surface area is 190 Å². The van der Waals surface area contributed by atoms with Gasteiger partial charge >= 0.3 is 0 Å². The Bertz CT molecular complexity index is 1280. The first kappa shape index (κ1) is 21.0. The van der Waals surface area contributed by atoms with Crippen molar-refractivity contribution in [1.29, 1.82) is 0 Å². The predicted molar refractivity (Wildman–Crippen MR) is 128 cm³/mol. The minimum absolute atomic E-state index is 0.123. The van der Waals surface area contributed by atoms with E-state index in [-0.39, 0.29) is 11.7 Å². The summed E-state index contributed by atoms with van der Waals surface area (Å²) in [7, 11) is 0. The summed E-state index contributed by atoms with van der Waals surface area (Å²) >= 11 is 3.45. The number of aryl methyl sites for hydroxylation is 4. The Balaban J connectivity index is 1.79. The molecule has 0 aliphatic rings. The van der Waals surface area contributed by atoms with E-state index < -0.39 is 0 Å². The molecular weight excluding hydrogens is 452 g/mol. The highest BCUT2D eigenvalue weighted by Crippen LogP contribution is 2.25. The van der Waals surface area contributed by atoms with Crippen LogP contribution in [0.15, 0.2) is 65.1 Å². The van der Waals surface area contributed by atoms with E-state index in [2.05, 4.69) is 44.3 Å². The zero-order chi connectivity index (χ0) is 22.1. The molecule has 0 fully saturated rings. The SMILES string of the molecule is Cc1ccc(-c2nc(C(=O)Nc3ccc(Br)cc3C)nn2-c2ccc(C)cc2C)cc1. The second-order valence-electron chi connectivity index (χ2n) is 7.74. The molecule has 0 saturated heterocycles. The van der Waals surface area contributed by atoms with E-state index in [1.54, 1.807) is 4.68 Å². The second-order valence-corrected chi connectivity index (χ2v) is 8.66. The smallest absolute Gasteiger partial charge is 0.295 e. The van der Waals surface area contributed by atoms with Crippen LogP contribution in [0, 0.1) is 27.7 Å². The number of halogens is 1. The third-order valence-electron chi connectivity index (χ3n) is 5.14. The van der Waals surface area contributed by atoms with Crippen LogP contribution < -0.4 is 5.32 Å². The molecule has 0 spiro atoms. The molecule has 0 aliphatic carbocycles. The highest BCUT2D eigenvalue weighted by Gasteiger charge is 2.20. The van der Waals surface area contributed by atoms with Crippen LogP contribution in [0.4, 0.5) is 5.69 Å². The van der Waals surface area contributed by atoms with Gasteiger partial charge in [0.05, 0.1) is 5.69 Å². The maximum atomic E-state index is 13.0. The number of nitrogens with zero attached hydrogens (tertiary/aromatic N) is 3. The van der Waals surface area contributed by atoms with Crippen molar-refractivity contribution < 1.29 is 4.79 Å². The molecule has 1 aromatic heterocycles. The third-order valence-corrected chi connectivity index (χ3v) is 5.63. The van der Waals surface area contributed by atoms with Crippen LogP contribution in [0.2, 0.25) is 0 Å². The van der Waals surface area contributed by atoms with Crippen molar-refractivity contribution in [2.24, 2.45) is 0 Å². The predicted octanol–water partition coefficient (Wildman–Crippen LogP) is 6.18. The summed E-state index contributed by atoms with van der Waals surface area (Å²) in [6, 6.07) is 19.9. The first-order valence-electron chi connectivity index (χ1n) is 10.0. The van der Waals surface area contributed by atoms with Crippen molar-refractivity contribution in [3.8, 4) is 17.1 Å². The van der Waals surface area contributed by atoms with E-state index in [0.717, 1.165) is 38.1 Å². The van der Waals surface area contributed by atoms with Gasteiger partial charge in [0.25, 0.3) is 5.91 Å². The molecule has 4 aromatic rings. The molecule has 0 unspecified atom stereocenters. The Morgan fingerprint density at radius 3 is 2.26 bits per heavy atom. The molecule has 5 nitrogen and oxygen atoms in total. The molecule has 0 aliphatic heterocycles. The van der Waals surface area contributed by atoms with Gasteiger partial charge in [-0.15, -0.1) is 5.10 Å². The average Bonchev–Trinajstić information content (AvgIpc) is 3.16. The Hall–Kier alpha value is -3.25. The Morgan fingerprint density at radius 1 is 0.871 bits per heavy atom. The van der Waals surface area contributed by atoms with E-state index in [4.69, 9.17) is 0 Å². The van der Waals surface area contributed by atoms with Gasteiger partial charge in [-0.25, -0.2) is 9.67 Å². The van der Waals surface area contributed by atoms with Crippen molar-refractivity contribution in [3.63, 3.8) is 0 Å². The fourth-order valence-electron chi connectivity index (χ4n) is 3.45. The number of hydrogen-bond acceptors (Lipinski definition) is 3. The van der Waals surface area contributed by atoms with Crippen molar-refractivity contribution in [3.05, 3.63) is 93.2 Å². The summed E-state index contributed by atoms with van der Waals surface area (Å²) in [5.41, 5.74) is 6.87. The van der Waals surface area contributed by atoms with Gasteiger partial charge in [-0.05, 0) is 63.1 Å². The van der Waals surface area contributed by atoms with Crippen molar-refractivity contribution in [2.45, 2.75) is 27.7 Å². The van der Waals surface area contributed by atoms with Gasteiger partial charge in [0, 0.05) is 15.7 Å². The summed E-state index contributed by atoms with van der Waals surface area (Å²) in [4.78, 5) is 17.6. The van der Waals surface area contributed by atoms with E-state index in [0.29, 0.717) is 5.82 Å². The normalized spacial score (nSPS) is 10.9. The van der Waals surface area contributed by atoms with E-state index >= 15 is 0 Å². The van der Waals surface area contributed by atoms with Gasteiger partial charge in [0.2, 0.25) is 5.82 Å². The number of nitrogens with one attached hydrogen (secondary N) is 1. The Morgan fingerprint density at radius 2 is 1.58 bits per heavy atom. The second kappa shape index (κ2) is 8.47. The molecular formula is C25H23BrN4O. The molecule has 3 aromatic carbocycles. The van der Waals surface area contributed by atoms with Crippen molar-refractivity contribution in [2.75, 3.05) is 5.32 Å². The molecule has 4 rings (SSSR count). The molecule has 0 saturated carbocycles. The van der Waals surface area contributed by atoms with Crippen LogP contribution in [0.1, 0.15) is 32.9 Å². The molecule has 6 heteroatoms. The lowest BCUT2D eigenvalue weighted by atomic mass is 10.1. The molecule has 1 N–H and O–H groups in total. The summed E-state index contributed by atoms with van der Waals surface area (Å²) in [6.07, 6.45) is 0. The monoisotopic (exact) mass is 474 g/mol. The first-order valence-corrected chi connectivity index (χ1v) is 10.8. The minimum Gasteiger partial charge on any atom is -0.319 e. The third kappa shape index (κ3) is 4.44. The number of aromatic nitrogens is 3. The fourth-order valence-corrected chi connectivity index (χ4v) is 3.93. The molecule has 1 heterocycles. The molecule has 0 bridgehead atoms. The molecule has 0 atom stereocenters. The van der Waals surface area contributed by atoms with Gasteiger partial charge in [0.15, 0.2) is 5.82 Å². The lowest BCUT2D eigenvalue weighted by Crippen LogP contribution is -2.15. The van der Waals surface area contributed by atoms with Gasteiger partial charge in [-0.2, -0.15) is 0 Å². The standard InChI is InChI=1S/C25H23BrN4O/c1-15-5-8-19(9-6-15)24-28-23(25(31)27-21-11-10-20(26)14-17(21)3)29-30(24)22-12-7-16(2)13-18(22)4/h5-14H,1-4H3,(H,27,31). The number of carbonyl (C=O) groups is 1. The summed E-state index contributed by atoms with van der Waals surface area (Å²) in [6.45, 7) is 8.07. The summed E-state index contributed by atoms with van der Waals surface area (Å²) < 4.78 is 2.71. The van der Waals surface area contributed by atoms with Gasteiger partial charge in [-0.3, -0.25) is 4.79 Å². The molecule has 31 heavy (non-hydrogen) atoms. The molecule has 0 radical (unpaired) electrons. The zero-order valence-corrected chi connectivity index (χ0v) is 19.5. The van der Waals surface area contributed by atoms with Crippen LogP contribution in [-0.4, -0.2) is 20.7 Å². The lowest BCUT2D eigenvalue weighted by Gasteiger charge is -2.10. The highest BCUT2D eigenvalue weighted by molar-refractivity contribution is 9.10. The largest absolute Gasteiger partial charge is 0.319 e. The number of rotatable bonds is 4. The summed E-state index contributed by atoms with van der Waals surface area (Å²) in [5, 5.41) is 7.53. The quantitative estimate of drug-likeness (QED) is 0.383. The van der Waals surface area contributed by atoms with Crippen LogP contribution in [0.3, 0.4) is 0 Å². The highest BCUT2D eigenvalue weighted by atomic mass is 79.9. The number of carbonyl (C=O) groups excluding carboxylic acids is 1. The minimum atomic E-state index is -0.345. The number of hydrogen-bond donors (Lipinski definition) is 1. The van der Waals surface area contributed by atoms with Crippen molar-refractivity contribution >= 4 is 27.5 Å². The fraction of sp³-hybridized carbons (Fsp3) is 0.160. The lowest BCUT2D eigenvalue weighted by molar-refractivity contribution is 0.101. The number of benzene rings is 3. The maximum Gasteiger partial charge on any atom is 0.295 e. The summed E-state index contributed by atoms with van der Waals surface area (Å²) in [5.74, 6) is 0.407. The van der Waals surface area contributed by atoms with Crippen LogP contribution in [-0.2, 0) is 0 Å². The number of anilines is 1. The molecule has 156 valence electrons. The number of amides is 1. The van der Waals surface area contributed by atoms with Gasteiger partial charge in [0.1, 0.15) is 0 Å². The topological polar surface area (TPSA) is 59.8 Å². The first-order chi connectivity index (χ1) is 14.8. The van der Waals surface area contributed by atoms with Gasteiger partial charge in [-0.1, -0.05) is 63.5 Å². The maximum absolute atomic E-state index is 13.0.